The molecule has 3 rings (SSSR count). The van der Waals surface area contributed by atoms with Gasteiger partial charge < -0.3 is 19.8 Å². The third-order valence-electron chi connectivity index (χ3n) is 8.51. The van der Waals surface area contributed by atoms with E-state index in [1.807, 2.05) is 0 Å². The number of hydrogen-bond donors (Lipinski definition) is 0. The molecule has 0 saturated heterocycles. The van der Waals surface area contributed by atoms with Gasteiger partial charge in [0.25, 0.3) is 0 Å². The van der Waals surface area contributed by atoms with Crippen molar-refractivity contribution < 1.29 is 14.9 Å². The van der Waals surface area contributed by atoms with Gasteiger partial charge in [-0.15, -0.1) is 12.2 Å². The Hall–Kier alpha value is -0.160. The van der Waals surface area contributed by atoms with E-state index in [0.29, 0.717) is 24.0 Å². The maximum absolute atomic E-state index is 13.1. The van der Waals surface area contributed by atoms with Crippen molar-refractivity contribution in [2.45, 2.75) is 115 Å². The minimum atomic E-state index is -0.598. The lowest BCUT2D eigenvalue weighted by atomic mass is 9.55. The van der Waals surface area contributed by atoms with Crippen LogP contribution in [0, 0.1) is 23.7 Å². The number of ether oxygens (including phenoxy) is 1. The van der Waals surface area contributed by atoms with Gasteiger partial charge in [0.1, 0.15) is 0 Å². The third kappa shape index (κ3) is 5.56. The molecule has 0 spiro atoms. The van der Waals surface area contributed by atoms with Crippen LogP contribution in [-0.4, -0.2) is 49.5 Å². The molecular formula is C25H45NO3-2. The minimum absolute atomic E-state index is 0.0965. The van der Waals surface area contributed by atoms with Gasteiger partial charge in [-0.1, -0.05) is 38.5 Å². The van der Waals surface area contributed by atoms with E-state index in [-0.39, 0.29) is 11.8 Å². The molecule has 2 unspecified atom stereocenters. The zero-order valence-corrected chi connectivity index (χ0v) is 19.2. The number of methoxy groups -OCH3 is 1. The van der Waals surface area contributed by atoms with Crippen molar-refractivity contribution in [2.75, 3.05) is 20.2 Å². The van der Waals surface area contributed by atoms with E-state index in [2.05, 4.69) is 18.7 Å². The first-order valence-electron chi connectivity index (χ1n) is 12.7. The second kappa shape index (κ2) is 11.5. The SMILES string of the molecule is CCCCN(CCCC)C1CCC(C2C([O-])C(C3CCC(OC)CC3)C2[O-])CC1. The van der Waals surface area contributed by atoms with Crippen LogP contribution < -0.4 is 10.2 Å². The van der Waals surface area contributed by atoms with E-state index in [0.717, 1.165) is 38.5 Å². The lowest BCUT2D eigenvalue weighted by Gasteiger charge is -2.67. The van der Waals surface area contributed by atoms with Crippen LogP contribution in [0.4, 0.5) is 0 Å². The van der Waals surface area contributed by atoms with Crippen LogP contribution in [0.25, 0.3) is 0 Å². The second-order valence-electron chi connectivity index (χ2n) is 10.2. The lowest BCUT2D eigenvalue weighted by molar-refractivity contribution is -0.572. The minimum Gasteiger partial charge on any atom is -0.852 e. The first-order chi connectivity index (χ1) is 14.1. The Bertz CT molecular complexity index is 439. The molecule has 170 valence electrons. The molecule has 3 aliphatic carbocycles. The Morgan fingerprint density at radius 1 is 0.724 bits per heavy atom. The highest BCUT2D eigenvalue weighted by molar-refractivity contribution is 5.03. The summed E-state index contributed by atoms with van der Waals surface area (Å²) in [5.74, 6) is 0.543. The molecule has 29 heavy (non-hydrogen) atoms. The van der Waals surface area contributed by atoms with Crippen molar-refractivity contribution in [3.63, 3.8) is 0 Å². The van der Waals surface area contributed by atoms with Crippen LogP contribution in [0.3, 0.4) is 0 Å². The highest BCUT2D eigenvalue weighted by Gasteiger charge is 2.45. The Morgan fingerprint density at radius 2 is 1.17 bits per heavy atom. The quantitative estimate of drug-likeness (QED) is 0.557. The van der Waals surface area contributed by atoms with Crippen molar-refractivity contribution in [3.8, 4) is 0 Å². The molecule has 0 amide bonds. The molecule has 3 saturated carbocycles. The van der Waals surface area contributed by atoms with Gasteiger partial charge in [-0.25, -0.2) is 0 Å². The predicted molar refractivity (Wildman–Crippen MR) is 114 cm³/mol. The Morgan fingerprint density at radius 3 is 1.59 bits per heavy atom. The topological polar surface area (TPSA) is 58.6 Å². The normalized spacial score (nSPS) is 40.8. The van der Waals surface area contributed by atoms with E-state index in [1.54, 1.807) is 7.11 Å². The summed E-state index contributed by atoms with van der Waals surface area (Å²) in [5.41, 5.74) is 0. The highest BCUT2D eigenvalue weighted by atomic mass is 16.5. The molecule has 4 nitrogen and oxygen atoms in total. The first kappa shape index (κ1) is 23.5. The highest BCUT2D eigenvalue weighted by Crippen LogP contribution is 2.49. The van der Waals surface area contributed by atoms with Crippen LogP contribution >= 0.6 is 0 Å². The molecule has 3 fully saturated rings. The van der Waals surface area contributed by atoms with Crippen molar-refractivity contribution in [1.82, 2.24) is 4.90 Å². The summed E-state index contributed by atoms with van der Waals surface area (Å²) in [6.07, 6.45) is 12.9. The second-order valence-corrected chi connectivity index (χ2v) is 10.2. The molecule has 0 bridgehead atoms. The molecule has 0 aliphatic heterocycles. The average molecular weight is 408 g/mol. The van der Waals surface area contributed by atoms with Crippen molar-refractivity contribution in [3.05, 3.63) is 0 Å². The summed E-state index contributed by atoms with van der Waals surface area (Å²) in [7, 11) is 1.78. The first-order valence-corrected chi connectivity index (χ1v) is 12.7. The molecule has 0 aromatic carbocycles. The number of hydrogen-bond acceptors (Lipinski definition) is 4. The lowest BCUT2D eigenvalue weighted by Crippen LogP contribution is -2.71. The van der Waals surface area contributed by atoms with Gasteiger partial charge in [0, 0.05) is 13.2 Å². The molecule has 4 heteroatoms. The van der Waals surface area contributed by atoms with E-state index < -0.39 is 12.2 Å². The van der Waals surface area contributed by atoms with E-state index in [4.69, 9.17) is 4.74 Å². The van der Waals surface area contributed by atoms with Gasteiger partial charge in [-0.2, -0.15) is 0 Å². The molecule has 2 atom stereocenters. The van der Waals surface area contributed by atoms with Gasteiger partial charge in [-0.3, -0.25) is 0 Å². The van der Waals surface area contributed by atoms with Gasteiger partial charge in [-0.05, 0) is 89.1 Å². The summed E-state index contributed by atoms with van der Waals surface area (Å²) < 4.78 is 5.46. The molecular weight excluding hydrogens is 362 g/mol. The van der Waals surface area contributed by atoms with Crippen LogP contribution in [0.15, 0.2) is 0 Å². The smallest absolute Gasteiger partial charge is 0.0571 e. The molecule has 0 N–H and O–H groups in total. The van der Waals surface area contributed by atoms with E-state index in [9.17, 15) is 10.2 Å². The largest absolute Gasteiger partial charge is 0.852 e. The summed E-state index contributed by atoms with van der Waals surface area (Å²) in [5, 5.41) is 26.1. The molecule has 3 aliphatic rings. The fourth-order valence-corrected chi connectivity index (χ4v) is 6.57. The summed E-state index contributed by atoms with van der Waals surface area (Å²) in [6, 6.07) is 0.680. The van der Waals surface area contributed by atoms with Gasteiger partial charge in [0.2, 0.25) is 0 Å². The maximum Gasteiger partial charge on any atom is 0.0571 e. The van der Waals surface area contributed by atoms with Gasteiger partial charge in [0.05, 0.1) is 6.10 Å². The predicted octanol–water partition coefficient (Wildman–Crippen LogP) is 3.36. The summed E-state index contributed by atoms with van der Waals surface area (Å²) >= 11 is 0. The number of unbranched alkanes of at least 4 members (excludes halogenated alkanes) is 2. The van der Waals surface area contributed by atoms with Gasteiger partial charge in [0.15, 0.2) is 0 Å². The Balaban J connectivity index is 1.47. The van der Waals surface area contributed by atoms with Crippen LogP contribution in [0.1, 0.15) is 90.9 Å². The van der Waals surface area contributed by atoms with Crippen molar-refractivity contribution in [2.24, 2.45) is 23.7 Å². The maximum atomic E-state index is 13.1. The molecule has 0 aromatic heterocycles. The Labute approximate surface area is 179 Å². The van der Waals surface area contributed by atoms with E-state index >= 15 is 0 Å². The molecule has 0 radical (unpaired) electrons. The number of nitrogens with zero attached hydrogens (tertiary/aromatic N) is 1. The van der Waals surface area contributed by atoms with Crippen molar-refractivity contribution in [1.29, 1.82) is 0 Å². The molecule has 0 aromatic rings. The molecule has 0 heterocycles. The average Bonchev–Trinajstić information content (AvgIpc) is 2.75. The van der Waals surface area contributed by atoms with Crippen molar-refractivity contribution >= 4 is 0 Å². The fourth-order valence-electron chi connectivity index (χ4n) is 6.57. The third-order valence-corrected chi connectivity index (χ3v) is 8.51. The van der Waals surface area contributed by atoms with Crippen LogP contribution in [-0.2, 0) is 4.74 Å². The standard InChI is InChI=1S/C25H45NO3/c1-4-6-16-26(17-7-5-2)20-12-8-18(9-13-20)22-24(27)23(25(22)28)19-10-14-21(29-3)15-11-19/h18-25H,4-17H2,1-3H3/q-2. The summed E-state index contributed by atoms with van der Waals surface area (Å²) in [4.78, 5) is 2.71. The van der Waals surface area contributed by atoms with E-state index in [1.165, 1.54) is 51.6 Å². The zero-order chi connectivity index (χ0) is 20.8. The number of rotatable bonds is 10. The monoisotopic (exact) mass is 407 g/mol. The van der Waals surface area contributed by atoms with Gasteiger partial charge >= 0.3 is 0 Å². The van der Waals surface area contributed by atoms with Crippen LogP contribution in [0.2, 0.25) is 0 Å². The zero-order valence-electron chi connectivity index (χ0n) is 19.2. The fraction of sp³-hybridized carbons (Fsp3) is 1.00. The van der Waals surface area contributed by atoms with Crippen LogP contribution in [0.5, 0.6) is 0 Å². The summed E-state index contributed by atoms with van der Waals surface area (Å²) in [6.45, 7) is 6.98. The Kier molecular flexibility index (Phi) is 9.28.